The second-order valence-corrected chi connectivity index (χ2v) is 25.8. The van der Waals surface area contributed by atoms with Gasteiger partial charge in [0.05, 0.1) is 37.9 Å². The average Bonchev–Trinajstić information content (AvgIpc) is 3.51. The number of esters is 1. The molecule has 9 aliphatic rings. The van der Waals surface area contributed by atoms with Gasteiger partial charge < -0.3 is 93.3 Å². The van der Waals surface area contributed by atoms with E-state index in [9.17, 15) is 68.5 Å². The number of aliphatic hydroxyl groups is 9. The van der Waals surface area contributed by atoms with Gasteiger partial charge in [-0.25, -0.2) is 4.18 Å². The molecule has 5 heterocycles. The van der Waals surface area contributed by atoms with E-state index in [0.717, 1.165) is 12.0 Å². The molecule has 8 fully saturated rings. The Balaban J connectivity index is 0.901. The van der Waals surface area contributed by atoms with Gasteiger partial charge in [0.15, 0.2) is 36.5 Å². The Morgan fingerprint density at radius 2 is 1.34 bits per heavy atom. The number of aliphatic hydroxyl groups excluding tert-OH is 9. The molecular weight excluding hydrogens is 1070 g/mol. The Morgan fingerprint density at radius 1 is 0.709 bits per heavy atom. The van der Waals surface area contributed by atoms with E-state index in [1.807, 2.05) is 6.92 Å². The van der Waals surface area contributed by atoms with Crippen molar-refractivity contribution in [2.24, 2.45) is 39.4 Å². The zero-order chi connectivity index (χ0) is 57.7. The van der Waals surface area contributed by atoms with Crippen molar-refractivity contribution >= 4 is 22.2 Å². The predicted octanol–water partition coefficient (Wildman–Crippen LogP) is -0.770. The Hall–Kier alpha value is -2.23. The number of ether oxygens (including phenoxy) is 10. The van der Waals surface area contributed by atoms with Crippen LogP contribution in [0.2, 0.25) is 0 Å². The average molecular weight is 1150 g/mol. The number of fused-ring (bicyclic) bond motifs is 4. The number of methoxy groups -OCH3 is 1. The number of cyclic esters (lactones) is 1. The molecule has 0 unspecified atom stereocenters. The van der Waals surface area contributed by atoms with E-state index in [1.54, 1.807) is 6.92 Å². The second kappa shape index (κ2) is 22.6. The monoisotopic (exact) mass is 1150 g/mol. The highest BCUT2D eigenvalue weighted by Crippen LogP contribution is 2.76. The van der Waals surface area contributed by atoms with Gasteiger partial charge in [0.25, 0.3) is 0 Å². The number of carbonyl (C=O) groups excluding carboxylic acids is 2. The molecule has 10 N–H and O–H groups in total. The van der Waals surface area contributed by atoms with Crippen LogP contribution in [0, 0.1) is 39.4 Å². The fourth-order valence-corrected chi connectivity index (χ4v) is 16.2. The second-order valence-electron chi connectivity index (χ2n) is 24.7. The topological polar surface area (TPSA) is 372 Å². The number of hydrogen-bond donors (Lipinski definition) is 10. The fraction of sp³-hybridized carbons (Fsp3) is 0.887. The maximum absolute atomic E-state index is 14.4. The van der Waals surface area contributed by atoms with Gasteiger partial charge in [-0.05, 0) is 87.9 Å². The molecule has 0 amide bonds. The molecule has 0 aromatic carbocycles. The van der Waals surface area contributed by atoms with Crippen LogP contribution < -0.4 is 0 Å². The van der Waals surface area contributed by atoms with Crippen molar-refractivity contribution in [1.29, 1.82) is 0 Å². The standard InChI is InChI=1S/C53H82O25S/c1-23(2)9-12-32(57)52(7)31-14-17-51(6)25-10-11-30-49(3,4)33(15-16-50(30,5)24(25)13-18-53(31,51)48(64)77-52)73-47-43(35(59)29(22-70-47)78-79(65,66)67)76-45-37(61)36(60)41(28(20-55)72-45)75-44-38(62)40(26(56)21-69-44)74-46-39(63)42(68-8)34(58)27(19-54)71-46/h10,24,26-31,33-47,54-56,58-63H,1,9,11-22H2,2-8H3,(H,65,66,67)/t24-,26+,27+,28+,29+,30-,31+,33-,34+,35-,36+,37+,38+,39+,40-,41-,42-,43+,44-,45-,46-,47-,50+,51-,52+,53+/m0/s1. The minimum atomic E-state index is -5.18. The summed E-state index contributed by atoms with van der Waals surface area (Å²) < 4.78 is 97.3. The van der Waals surface area contributed by atoms with Crippen LogP contribution in [-0.4, -0.2) is 227 Å². The van der Waals surface area contributed by atoms with Gasteiger partial charge in [-0.1, -0.05) is 44.9 Å². The third-order valence-electron chi connectivity index (χ3n) is 20.0. The zero-order valence-corrected chi connectivity index (χ0v) is 46.5. The number of hydrogen-bond acceptors (Lipinski definition) is 24. The number of Topliss-reactive ketones (excluding diaryl/α,β-unsaturated/α-hetero) is 1. The van der Waals surface area contributed by atoms with Gasteiger partial charge in [0, 0.05) is 24.9 Å². The minimum Gasteiger partial charge on any atom is -0.451 e. The number of ketones is 1. The highest BCUT2D eigenvalue weighted by Gasteiger charge is 2.77. The number of allylic oxidation sites excluding steroid dienone is 3. The van der Waals surface area contributed by atoms with E-state index in [-0.39, 0.29) is 41.3 Å². The third-order valence-corrected chi connectivity index (χ3v) is 20.5. The summed E-state index contributed by atoms with van der Waals surface area (Å²) in [6, 6.07) is 0. The Morgan fingerprint density at radius 3 is 2.00 bits per heavy atom. The first-order valence-electron chi connectivity index (χ1n) is 27.5. The first-order chi connectivity index (χ1) is 37.0. The molecule has 5 aliphatic heterocycles. The predicted molar refractivity (Wildman–Crippen MR) is 267 cm³/mol. The molecule has 4 aliphatic carbocycles. The van der Waals surface area contributed by atoms with Crippen molar-refractivity contribution in [3.63, 3.8) is 0 Å². The van der Waals surface area contributed by atoms with Crippen molar-refractivity contribution in [1.82, 2.24) is 0 Å². The van der Waals surface area contributed by atoms with E-state index >= 15 is 0 Å². The van der Waals surface area contributed by atoms with E-state index in [1.165, 1.54) is 12.7 Å². The van der Waals surface area contributed by atoms with Crippen LogP contribution in [-0.2, 0) is 71.5 Å². The van der Waals surface area contributed by atoms with Gasteiger partial charge in [-0.2, -0.15) is 8.42 Å². The molecular formula is C53H82O25S. The molecule has 3 saturated carbocycles. The first kappa shape index (κ1) is 61.3. The van der Waals surface area contributed by atoms with Crippen LogP contribution in [0.4, 0.5) is 0 Å². The summed E-state index contributed by atoms with van der Waals surface area (Å²) in [5, 5.41) is 98.8. The van der Waals surface area contributed by atoms with Gasteiger partial charge >= 0.3 is 16.4 Å². The number of carbonyl (C=O) groups is 2. The highest BCUT2D eigenvalue weighted by atomic mass is 32.3. The molecule has 26 heteroatoms. The highest BCUT2D eigenvalue weighted by molar-refractivity contribution is 7.80. The molecule has 450 valence electrons. The summed E-state index contributed by atoms with van der Waals surface area (Å²) >= 11 is 0. The molecule has 1 spiro atoms. The van der Waals surface area contributed by atoms with Gasteiger partial charge in [-0.3, -0.25) is 14.1 Å². The Bertz CT molecular complexity index is 2390. The smallest absolute Gasteiger partial charge is 0.397 e. The molecule has 9 rings (SSSR count). The van der Waals surface area contributed by atoms with Gasteiger partial charge in [0.1, 0.15) is 85.5 Å². The molecule has 26 atom stereocenters. The van der Waals surface area contributed by atoms with Crippen molar-refractivity contribution < 1.29 is 120 Å². The van der Waals surface area contributed by atoms with E-state index in [4.69, 9.17) is 51.6 Å². The number of rotatable bonds is 17. The summed E-state index contributed by atoms with van der Waals surface area (Å²) in [4.78, 5) is 28.2. The lowest BCUT2D eigenvalue weighted by atomic mass is 9.40. The molecule has 25 nitrogen and oxygen atoms in total. The quantitative estimate of drug-likeness (QED) is 0.0486. The molecule has 0 radical (unpaired) electrons. The Kier molecular flexibility index (Phi) is 17.6. The van der Waals surface area contributed by atoms with E-state index < -0.39 is 175 Å². The lowest BCUT2D eigenvalue weighted by molar-refractivity contribution is -0.385. The zero-order valence-electron chi connectivity index (χ0n) is 45.7. The van der Waals surface area contributed by atoms with Gasteiger partial charge in [0.2, 0.25) is 0 Å². The van der Waals surface area contributed by atoms with Crippen LogP contribution in [0.3, 0.4) is 0 Å². The molecule has 0 aromatic rings. The Labute approximate surface area is 459 Å². The molecule has 79 heavy (non-hydrogen) atoms. The van der Waals surface area contributed by atoms with Crippen molar-refractivity contribution in [3.05, 3.63) is 23.8 Å². The molecule has 5 saturated heterocycles. The summed E-state index contributed by atoms with van der Waals surface area (Å²) in [5.74, 6) is -0.549. The van der Waals surface area contributed by atoms with Crippen LogP contribution in [0.15, 0.2) is 23.8 Å². The minimum absolute atomic E-state index is 0.00383. The van der Waals surface area contributed by atoms with Crippen LogP contribution in [0.25, 0.3) is 0 Å². The van der Waals surface area contributed by atoms with Crippen molar-refractivity contribution in [3.8, 4) is 0 Å². The summed E-state index contributed by atoms with van der Waals surface area (Å²) in [5.41, 5.74) is -1.40. The molecule has 0 bridgehead atoms. The van der Waals surface area contributed by atoms with Gasteiger partial charge in [-0.15, -0.1) is 6.58 Å². The van der Waals surface area contributed by atoms with Crippen molar-refractivity contribution in [2.45, 2.75) is 222 Å². The third kappa shape index (κ3) is 10.4. The maximum Gasteiger partial charge on any atom is 0.397 e. The van der Waals surface area contributed by atoms with Crippen LogP contribution in [0.5, 0.6) is 0 Å². The SMILES string of the molecule is C=C(C)CCC(=O)[C@]1(C)OC(=O)[C@]23CC[C@H]4C(=CC[C@H]5C(C)(C)[C@@H](O[C@@H]6OC[C@@H](OS(=O)(=O)O)[C@H](O)[C@H]6O[C@@H]6O[C@H](CO)[C@H](O[C@@H]7OC[C@@H](O)[C@H](O[C@@H]8O[C@H](CO)[C@@H](O)[C@H](OC)[C@H]8O)[C@H]7O)[C@H](O)[C@H]6O)CC[C@]45C)[C@]2(C)CC[C@H]13. The maximum atomic E-state index is 14.4. The van der Waals surface area contributed by atoms with Crippen LogP contribution >= 0.6 is 0 Å². The molecule has 0 aromatic heterocycles. The summed E-state index contributed by atoms with van der Waals surface area (Å²) in [7, 11) is -3.99. The van der Waals surface area contributed by atoms with E-state index in [2.05, 4.69) is 40.3 Å². The van der Waals surface area contributed by atoms with Crippen LogP contribution in [0.1, 0.15) is 99.3 Å². The van der Waals surface area contributed by atoms with E-state index in [0.29, 0.717) is 44.9 Å². The normalized spacial score (nSPS) is 49.6. The summed E-state index contributed by atoms with van der Waals surface area (Å²) in [6.07, 6.45) is -23.7. The first-order valence-corrected chi connectivity index (χ1v) is 28.8. The van der Waals surface area contributed by atoms with Crippen molar-refractivity contribution in [2.75, 3.05) is 33.5 Å². The lowest BCUT2D eigenvalue weighted by Gasteiger charge is -2.64. The largest absolute Gasteiger partial charge is 0.451 e. The summed E-state index contributed by atoms with van der Waals surface area (Å²) in [6.45, 7) is 13.5. The fourth-order valence-electron chi connectivity index (χ4n) is 15.8. The lowest BCUT2D eigenvalue weighted by Crippen LogP contribution is -2.66.